The number of aromatic nitrogens is 2. The van der Waals surface area contributed by atoms with Gasteiger partial charge in [-0.05, 0) is 12.8 Å². The Kier molecular flexibility index (Phi) is 4.08. The van der Waals surface area contributed by atoms with Crippen LogP contribution < -0.4 is 0 Å². The molecule has 1 saturated carbocycles. The highest BCUT2D eigenvalue weighted by Crippen LogP contribution is 2.28. The van der Waals surface area contributed by atoms with Crippen LogP contribution in [0.15, 0.2) is 6.33 Å². The molecular weight excluding hydrogens is 282 g/mol. The normalized spacial score (nSPS) is 24.2. The lowest BCUT2D eigenvalue weighted by Crippen LogP contribution is -2.55. The average molecular weight is 299 g/mol. The maximum Gasteiger partial charge on any atom is 0.243 e. The molecule has 0 radical (unpaired) electrons. The van der Waals surface area contributed by atoms with E-state index in [0.717, 1.165) is 25.7 Å². The van der Waals surface area contributed by atoms with E-state index in [1.54, 1.807) is 0 Å². The molecule has 22 heavy (non-hydrogen) atoms. The largest absolute Gasteiger partial charge is 0.374 e. The molecule has 1 amide bonds. The van der Waals surface area contributed by atoms with E-state index in [1.807, 2.05) is 17.0 Å². The van der Waals surface area contributed by atoms with Crippen molar-refractivity contribution >= 4 is 5.91 Å². The van der Waals surface area contributed by atoms with Crippen LogP contribution >= 0.6 is 0 Å². The third-order valence-corrected chi connectivity index (χ3v) is 4.41. The van der Waals surface area contributed by atoms with E-state index in [4.69, 9.17) is 15.3 Å². The van der Waals surface area contributed by atoms with Gasteiger partial charge in [-0.15, -0.1) is 0 Å². The number of morpholine rings is 1. The minimum Gasteiger partial charge on any atom is -0.374 e. The SMILES string of the molecule is N#Cc1ncn(CC(=O)N2CCOC3CCCCC32)c1C#N. The summed E-state index contributed by atoms with van der Waals surface area (Å²) in [6.45, 7) is 1.19. The molecule has 1 saturated heterocycles. The predicted molar refractivity (Wildman–Crippen MR) is 75.4 cm³/mol. The van der Waals surface area contributed by atoms with Gasteiger partial charge in [0.1, 0.15) is 18.7 Å². The van der Waals surface area contributed by atoms with Gasteiger partial charge in [-0.3, -0.25) is 4.79 Å². The Morgan fingerprint density at radius 2 is 2.18 bits per heavy atom. The first-order valence-electron chi connectivity index (χ1n) is 7.51. The summed E-state index contributed by atoms with van der Waals surface area (Å²) in [5, 5.41) is 18.0. The zero-order chi connectivity index (χ0) is 15.5. The first-order chi connectivity index (χ1) is 10.7. The number of hydrogen-bond acceptors (Lipinski definition) is 5. The van der Waals surface area contributed by atoms with E-state index in [2.05, 4.69) is 4.98 Å². The third-order valence-electron chi connectivity index (χ3n) is 4.41. The van der Waals surface area contributed by atoms with Gasteiger partial charge >= 0.3 is 0 Å². The van der Waals surface area contributed by atoms with Crippen LogP contribution in [0.3, 0.4) is 0 Å². The summed E-state index contributed by atoms with van der Waals surface area (Å²) in [7, 11) is 0. The van der Waals surface area contributed by atoms with Gasteiger partial charge in [-0.25, -0.2) is 4.98 Å². The van der Waals surface area contributed by atoms with Crippen LogP contribution in [0.2, 0.25) is 0 Å². The Labute approximate surface area is 128 Å². The number of hydrogen-bond donors (Lipinski definition) is 0. The first kappa shape index (κ1) is 14.6. The number of nitrogens with zero attached hydrogens (tertiary/aromatic N) is 5. The molecule has 1 aliphatic carbocycles. The number of carbonyl (C=O) groups is 1. The number of rotatable bonds is 2. The minimum atomic E-state index is -0.0430. The van der Waals surface area contributed by atoms with Gasteiger partial charge in [-0.2, -0.15) is 10.5 Å². The summed E-state index contributed by atoms with van der Waals surface area (Å²) in [6, 6.07) is 3.95. The fourth-order valence-corrected chi connectivity index (χ4v) is 3.34. The fourth-order valence-electron chi connectivity index (χ4n) is 3.34. The molecule has 1 aromatic heterocycles. The maximum atomic E-state index is 12.6. The number of carbonyl (C=O) groups excluding carboxylic acids is 1. The number of nitriles is 2. The Hall–Kier alpha value is -2.38. The van der Waals surface area contributed by atoms with Crippen molar-refractivity contribution in [2.45, 2.75) is 44.4 Å². The number of fused-ring (bicyclic) bond motifs is 1. The molecule has 1 aromatic rings. The number of ether oxygens (including phenoxy) is 1. The molecule has 7 nitrogen and oxygen atoms in total. The first-order valence-corrected chi connectivity index (χ1v) is 7.51. The standard InChI is InChI=1S/C15H17N5O2/c16-7-11-13(8-17)19(10-18-11)9-15(21)20-5-6-22-14-4-2-1-3-12(14)20/h10,12,14H,1-6,9H2. The molecule has 2 heterocycles. The number of imidazole rings is 1. The zero-order valence-electron chi connectivity index (χ0n) is 12.2. The second-order valence-corrected chi connectivity index (χ2v) is 5.64. The lowest BCUT2D eigenvalue weighted by Gasteiger charge is -2.43. The lowest BCUT2D eigenvalue weighted by molar-refractivity contribution is -0.150. The van der Waals surface area contributed by atoms with Crippen LogP contribution in [0.25, 0.3) is 0 Å². The lowest BCUT2D eigenvalue weighted by atomic mass is 9.90. The molecule has 114 valence electrons. The van der Waals surface area contributed by atoms with E-state index >= 15 is 0 Å². The molecule has 0 bridgehead atoms. The van der Waals surface area contributed by atoms with Crippen LogP contribution in [0.1, 0.15) is 37.1 Å². The van der Waals surface area contributed by atoms with Gasteiger partial charge in [-0.1, -0.05) is 12.8 Å². The Morgan fingerprint density at radius 1 is 1.36 bits per heavy atom. The molecule has 0 N–H and O–H groups in total. The average Bonchev–Trinajstić information content (AvgIpc) is 2.95. The van der Waals surface area contributed by atoms with Gasteiger partial charge in [0.25, 0.3) is 0 Å². The van der Waals surface area contributed by atoms with Crippen LogP contribution in [0.5, 0.6) is 0 Å². The molecule has 2 atom stereocenters. The van der Waals surface area contributed by atoms with Gasteiger partial charge in [0.2, 0.25) is 5.91 Å². The van der Waals surface area contributed by atoms with E-state index in [9.17, 15) is 4.79 Å². The maximum absolute atomic E-state index is 12.6. The summed E-state index contributed by atoms with van der Waals surface area (Å²) in [5.41, 5.74) is 0.206. The Bertz CT molecular complexity index is 652. The summed E-state index contributed by atoms with van der Waals surface area (Å²) in [6.07, 6.45) is 5.75. The molecule has 1 aliphatic heterocycles. The quantitative estimate of drug-likeness (QED) is 0.804. The van der Waals surface area contributed by atoms with Crippen molar-refractivity contribution in [2.24, 2.45) is 0 Å². The van der Waals surface area contributed by atoms with Crippen molar-refractivity contribution in [2.75, 3.05) is 13.2 Å². The highest BCUT2D eigenvalue weighted by Gasteiger charge is 2.36. The van der Waals surface area contributed by atoms with Crippen molar-refractivity contribution in [1.29, 1.82) is 10.5 Å². The van der Waals surface area contributed by atoms with Gasteiger partial charge < -0.3 is 14.2 Å². The summed E-state index contributed by atoms with van der Waals surface area (Å²) in [4.78, 5) is 18.4. The van der Waals surface area contributed by atoms with Crippen LogP contribution in [-0.4, -0.2) is 45.7 Å². The van der Waals surface area contributed by atoms with Crippen LogP contribution in [0.4, 0.5) is 0 Å². The summed E-state index contributed by atoms with van der Waals surface area (Å²) in [5.74, 6) is -0.0430. The van der Waals surface area contributed by atoms with Gasteiger partial charge in [0.05, 0.1) is 25.1 Å². The Morgan fingerprint density at radius 3 is 2.95 bits per heavy atom. The smallest absolute Gasteiger partial charge is 0.243 e. The topological polar surface area (TPSA) is 94.9 Å². The molecule has 2 aliphatic rings. The van der Waals surface area contributed by atoms with E-state index in [0.29, 0.717) is 13.2 Å². The predicted octanol–water partition coefficient (Wildman–Crippen LogP) is 0.796. The summed E-state index contributed by atoms with van der Waals surface area (Å²) < 4.78 is 7.22. The monoisotopic (exact) mass is 299 g/mol. The highest BCUT2D eigenvalue weighted by molar-refractivity contribution is 5.77. The van der Waals surface area contributed by atoms with Crippen molar-refractivity contribution in [3.05, 3.63) is 17.7 Å². The zero-order valence-corrected chi connectivity index (χ0v) is 12.2. The van der Waals surface area contributed by atoms with Crippen molar-refractivity contribution < 1.29 is 9.53 Å². The second kappa shape index (κ2) is 6.17. The molecule has 0 spiro atoms. The van der Waals surface area contributed by atoms with Crippen molar-refractivity contribution in [1.82, 2.24) is 14.5 Å². The molecule has 2 fully saturated rings. The fraction of sp³-hybridized carbons (Fsp3) is 0.600. The van der Waals surface area contributed by atoms with Crippen LogP contribution in [0, 0.1) is 22.7 Å². The molecule has 7 heteroatoms. The molecule has 3 rings (SSSR count). The minimum absolute atomic E-state index is 0.0425. The Balaban J connectivity index is 1.75. The van der Waals surface area contributed by atoms with E-state index in [-0.39, 0.29) is 36.0 Å². The van der Waals surface area contributed by atoms with Crippen LogP contribution in [-0.2, 0) is 16.1 Å². The van der Waals surface area contributed by atoms with E-state index < -0.39 is 0 Å². The van der Waals surface area contributed by atoms with E-state index in [1.165, 1.54) is 10.9 Å². The molecule has 0 aromatic carbocycles. The third kappa shape index (κ3) is 2.56. The highest BCUT2D eigenvalue weighted by atomic mass is 16.5. The van der Waals surface area contributed by atoms with Crippen molar-refractivity contribution in [3.63, 3.8) is 0 Å². The summed E-state index contributed by atoms with van der Waals surface area (Å²) >= 11 is 0. The van der Waals surface area contributed by atoms with Gasteiger partial charge in [0.15, 0.2) is 11.4 Å². The second-order valence-electron chi connectivity index (χ2n) is 5.64. The molecule has 2 unspecified atom stereocenters. The molecular formula is C15H17N5O2. The number of amides is 1. The van der Waals surface area contributed by atoms with Gasteiger partial charge in [0, 0.05) is 6.54 Å². The van der Waals surface area contributed by atoms with Crippen molar-refractivity contribution in [3.8, 4) is 12.1 Å².